The van der Waals surface area contributed by atoms with Gasteiger partial charge in [-0.15, -0.1) is 0 Å². The number of rotatable bonds is 5. The largest absolute Gasteiger partial charge is 0.462 e. The lowest BCUT2D eigenvalue weighted by molar-refractivity contribution is -0.149. The van der Waals surface area contributed by atoms with Crippen LogP contribution in [0.3, 0.4) is 0 Å². The Kier molecular flexibility index (Phi) is 5.34. The zero-order valence-corrected chi connectivity index (χ0v) is 7.92. The molecule has 0 saturated carbocycles. The Labute approximate surface area is 73.1 Å². The molecule has 0 aliphatic heterocycles. The Morgan fingerprint density at radius 2 is 1.92 bits per heavy atom. The van der Waals surface area contributed by atoms with Gasteiger partial charge in [0.2, 0.25) is 0 Å². The summed E-state index contributed by atoms with van der Waals surface area (Å²) in [6.45, 7) is 5.14. The molecule has 0 N–H and O–H groups in total. The standard InChI is InChI=1S/C9H16O3/c1-4-8(6-7(3)10)12-9(11)5-2/h8H,4-6H2,1-3H3/t8-/m1/s1. The van der Waals surface area contributed by atoms with Crippen LogP contribution in [0.15, 0.2) is 0 Å². The molecule has 3 nitrogen and oxygen atoms in total. The van der Waals surface area contributed by atoms with Crippen LogP contribution >= 0.6 is 0 Å². The molecule has 0 radical (unpaired) electrons. The van der Waals surface area contributed by atoms with Gasteiger partial charge in [-0.05, 0) is 13.3 Å². The van der Waals surface area contributed by atoms with Crippen molar-refractivity contribution < 1.29 is 14.3 Å². The normalized spacial score (nSPS) is 12.2. The molecule has 0 fully saturated rings. The number of Topliss-reactive ketones (excluding diaryl/α,β-unsaturated/α-hetero) is 1. The number of carbonyl (C=O) groups is 2. The lowest BCUT2D eigenvalue weighted by atomic mass is 10.1. The van der Waals surface area contributed by atoms with Gasteiger partial charge in [0.25, 0.3) is 0 Å². The highest BCUT2D eigenvalue weighted by molar-refractivity contribution is 5.76. The molecule has 0 heterocycles. The Morgan fingerprint density at radius 3 is 2.25 bits per heavy atom. The molecular weight excluding hydrogens is 156 g/mol. The van der Waals surface area contributed by atoms with Gasteiger partial charge in [-0.25, -0.2) is 0 Å². The second-order valence-electron chi connectivity index (χ2n) is 2.78. The van der Waals surface area contributed by atoms with E-state index in [0.717, 1.165) is 0 Å². The van der Waals surface area contributed by atoms with Crippen molar-refractivity contribution in [2.24, 2.45) is 0 Å². The van der Waals surface area contributed by atoms with Crippen LogP contribution in [0.5, 0.6) is 0 Å². The van der Waals surface area contributed by atoms with E-state index in [1.165, 1.54) is 6.92 Å². The molecule has 70 valence electrons. The van der Waals surface area contributed by atoms with Crippen molar-refractivity contribution in [3.8, 4) is 0 Å². The molecule has 1 atom stereocenters. The first-order valence-electron chi connectivity index (χ1n) is 4.29. The summed E-state index contributed by atoms with van der Waals surface area (Å²) in [5.41, 5.74) is 0. The molecule has 0 aromatic rings. The minimum absolute atomic E-state index is 0.0609. The van der Waals surface area contributed by atoms with E-state index in [0.29, 0.717) is 19.3 Å². The number of carbonyl (C=O) groups excluding carboxylic acids is 2. The monoisotopic (exact) mass is 172 g/mol. The van der Waals surface area contributed by atoms with Gasteiger partial charge in [0.1, 0.15) is 11.9 Å². The molecule has 0 unspecified atom stereocenters. The van der Waals surface area contributed by atoms with Crippen LogP contribution in [0.4, 0.5) is 0 Å². The van der Waals surface area contributed by atoms with Crippen molar-refractivity contribution in [1.82, 2.24) is 0 Å². The van der Waals surface area contributed by atoms with Crippen LogP contribution in [-0.2, 0) is 14.3 Å². The summed E-state index contributed by atoms with van der Waals surface area (Å²) in [7, 11) is 0. The van der Waals surface area contributed by atoms with E-state index in [1.807, 2.05) is 6.92 Å². The molecule has 0 aromatic carbocycles. The molecule has 0 bridgehead atoms. The highest BCUT2D eigenvalue weighted by Gasteiger charge is 2.12. The quantitative estimate of drug-likeness (QED) is 0.593. The van der Waals surface area contributed by atoms with E-state index in [4.69, 9.17) is 4.74 Å². The van der Waals surface area contributed by atoms with Gasteiger partial charge in [0, 0.05) is 12.8 Å². The molecule has 12 heavy (non-hydrogen) atoms. The van der Waals surface area contributed by atoms with Gasteiger partial charge in [-0.3, -0.25) is 9.59 Å². The first kappa shape index (κ1) is 11.1. The molecule has 3 heteroatoms. The fourth-order valence-corrected chi connectivity index (χ4v) is 0.859. The van der Waals surface area contributed by atoms with Gasteiger partial charge in [0.15, 0.2) is 0 Å². The van der Waals surface area contributed by atoms with Crippen LogP contribution in [0.2, 0.25) is 0 Å². The third-order valence-corrected chi connectivity index (χ3v) is 1.56. The number of ketones is 1. The fraction of sp³-hybridized carbons (Fsp3) is 0.778. The first-order chi connectivity index (χ1) is 5.60. The SMILES string of the molecule is CCC(=O)O[C@H](CC)CC(C)=O. The van der Waals surface area contributed by atoms with Gasteiger partial charge in [-0.2, -0.15) is 0 Å². The van der Waals surface area contributed by atoms with Crippen LogP contribution in [0.1, 0.15) is 40.0 Å². The third kappa shape index (κ3) is 4.88. The fourth-order valence-electron chi connectivity index (χ4n) is 0.859. The maximum atomic E-state index is 10.8. The summed E-state index contributed by atoms with van der Waals surface area (Å²) in [6, 6.07) is 0. The summed E-state index contributed by atoms with van der Waals surface area (Å²) in [4.78, 5) is 21.5. The predicted octanol–water partition coefficient (Wildman–Crippen LogP) is 1.70. The van der Waals surface area contributed by atoms with Crippen LogP contribution in [0, 0.1) is 0 Å². The second kappa shape index (κ2) is 5.75. The Bertz CT molecular complexity index is 163. The first-order valence-corrected chi connectivity index (χ1v) is 4.29. The average Bonchev–Trinajstić information content (AvgIpc) is 2.02. The predicted molar refractivity (Wildman–Crippen MR) is 45.8 cm³/mol. The number of hydrogen-bond donors (Lipinski definition) is 0. The lowest BCUT2D eigenvalue weighted by Crippen LogP contribution is -2.19. The topological polar surface area (TPSA) is 43.4 Å². The highest BCUT2D eigenvalue weighted by atomic mass is 16.5. The molecular formula is C9H16O3. The van der Waals surface area contributed by atoms with Crippen molar-refractivity contribution in [2.45, 2.75) is 46.1 Å². The Morgan fingerprint density at radius 1 is 1.33 bits per heavy atom. The molecule has 0 aromatic heterocycles. The second-order valence-corrected chi connectivity index (χ2v) is 2.78. The molecule has 0 saturated heterocycles. The smallest absolute Gasteiger partial charge is 0.305 e. The van der Waals surface area contributed by atoms with Gasteiger partial charge in [0.05, 0.1) is 0 Å². The van der Waals surface area contributed by atoms with Crippen molar-refractivity contribution >= 4 is 11.8 Å². The van der Waals surface area contributed by atoms with Crippen molar-refractivity contribution in [3.63, 3.8) is 0 Å². The van der Waals surface area contributed by atoms with E-state index in [9.17, 15) is 9.59 Å². The molecule has 0 amide bonds. The van der Waals surface area contributed by atoms with E-state index in [2.05, 4.69) is 0 Å². The van der Waals surface area contributed by atoms with Gasteiger partial charge < -0.3 is 4.74 Å². The summed E-state index contributed by atoms with van der Waals surface area (Å²) < 4.78 is 5.00. The number of hydrogen-bond acceptors (Lipinski definition) is 3. The van der Waals surface area contributed by atoms with E-state index in [1.54, 1.807) is 6.92 Å². The maximum Gasteiger partial charge on any atom is 0.305 e. The average molecular weight is 172 g/mol. The summed E-state index contributed by atoms with van der Waals surface area (Å²) in [6.07, 6.45) is 1.18. The van der Waals surface area contributed by atoms with Gasteiger partial charge >= 0.3 is 5.97 Å². The van der Waals surface area contributed by atoms with Crippen LogP contribution in [0.25, 0.3) is 0 Å². The van der Waals surface area contributed by atoms with Gasteiger partial charge in [-0.1, -0.05) is 13.8 Å². The van der Waals surface area contributed by atoms with Crippen molar-refractivity contribution in [3.05, 3.63) is 0 Å². The minimum atomic E-state index is -0.233. The van der Waals surface area contributed by atoms with E-state index in [-0.39, 0.29) is 17.9 Å². The zero-order chi connectivity index (χ0) is 9.56. The molecule has 0 rings (SSSR count). The Balaban J connectivity index is 3.82. The number of esters is 1. The zero-order valence-electron chi connectivity index (χ0n) is 7.92. The Hall–Kier alpha value is -0.860. The van der Waals surface area contributed by atoms with Crippen LogP contribution in [-0.4, -0.2) is 17.9 Å². The van der Waals surface area contributed by atoms with Crippen LogP contribution < -0.4 is 0 Å². The van der Waals surface area contributed by atoms with E-state index >= 15 is 0 Å². The molecule has 0 aliphatic carbocycles. The van der Waals surface area contributed by atoms with E-state index < -0.39 is 0 Å². The summed E-state index contributed by atoms with van der Waals surface area (Å²) in [5, 5.41) is 0. The minimum Gasteiger partial charge on any atom is -0.462 e. The van der Waals surface area contributed by atoms with Crippen molar-refractivity contribution in [2.75, 3.05) is 0 Å². The lowest BCUT2D eigenvalue weighted by Gasteiger charge is -2.13. The highest BCUT2D eigenvalue weighted by Crippen LogP contribution is 2.05. The third-order valence-electron chi connectivity index (χ3n) is 1.56. The molecule has 0 aliphatic rings. The molecule has 0 spiro atoms. The summed E-state index contributed by atoms with van der Waals surface area (Å²) >= 11 is 0. The van der Waals surface area contributed by atoms with Crippen molar-refractivity contribution in [1.29, 1.82) is 0 Å². The number of ether oxygens (including phenoxy) is 1. The maximum absolute atomic E-state index is 10.8. The summed E-state index contributed by atoms with van der Waals surface area (Å²) in [5.74, 6) is -0.172.